The van der Waals surface area contributed by atoms with E-state index in [-0.39, 0.29) is 12.5 Å². The third-order valence-corrected chi connectivity index (χ3v) is 3.38. The minimum absolute atomic E-state index is 0.0185. The molecule has 19 heavy (non-hydrogen) atoms. The van der Waals surface area contributed by atoms with Crippen molar-refractivity contribution in [2.24, 2.45) is 11.1 Å². The molecule has 3 N–H and O–H groups in total. The SMILES string of the molecule is CCC(C)(C)C(=O)Nc1ccc(Cl)c(C#CCN)c1. The fraction of sp³-hybridized carbons (Fsp3) is 0.400. The van der Waals surface area contributed by atoms with E-state index in [4.69, 9.17) is 17.3 Å². The lowest BCUT2D eigenvalue weighted by atomic mass is 9.89. The van der Waals surface area contributed by atoms with Gasteiger partial charge in [0.15, 0.2) is 0 Å². The zero-order valence-electron chi connectivity index (χ0n) is 11.5. The van der Waals surface area contributed by atoms with E-state index in [2.05, 4.69) is 17.2 Å². The van der Waals surface area contributed by atoms with Crippen LogP contribution in [-0.2, 0) is 4.79 Å². The molecule has 0 aromatic heterocycles. The average molecular weight is 279 g/mol. The quantitative estimate of drug-likeness (QED) is 0.835. The lowest BCUT2D eigenvalue weighted by Gasteiger charge is -2.21. The molecule has 0 fully saturated rings. The summed E-state index contributed by atoms with van der Waals surface area (Å²) in [5.41, 5.74) is 6.29. The number of hydrogen-bond acceptors (Lipinski definition) is 2. The van der Waals surface area contributed by atoms with Gasteiger partial charge in [-0.1, -0.05) is 44.2 Å². The van der Waals surface area contributed by atoms with Crippen molar-refractivity contribution >= 4 is 23.2 Å². The Morgan fingerprint density at radius 3 is 2.74 bits per heavy atom. The van der Waals surface area contributed by atoms with E-state index in [1.54, 1.807) is 18.2 Å². The molecule has 3 nitrogen and oxygen atoms in total. The van der Waals surface area contributed by atoms with Crippen LogP contribution in [0.5, 0.6) is 0 Å². The minimum Gasteiger partial charge on any atom is -0.326 e. The summed E-state index contributed by atoms with van der Waals surface area (Å²) < 4.78 is 0. The largest absolute Gasteiger partial charge is 0.326 e. The molecule has 0 saturated carbocycles. The van der Waals surface area contributed by atoms with Crippen molar-refractivity contribution < 1.29 is 4.79 Å². The number of amides is 1. The van der Waals surface area contributed by atoms with Crippen molar-refractivity contribution in [1.82, 2.24) is 0 Å². The van der Waals surface area contributed by atoms with Gasteiger partial charge in [-0.25, -0.2) is 0 Å². The highest BCUT2D eigenvalue weighted by Gasteiger charge is 2.25. The fourth-order valence-electron chi connectivity index (χ4n) is 1.31. The molecule has 1 rings (SSSR count). The number of anilines is 1. The van der Waals surface area contributed by atoms with Crippen LogP contribution in [-0.4, -0.2) is 12.5 Å². The van der Waals surface area contributed by atoms with E-state index in [9.17, 15) is 4.79 Å². The summed E-state index contributed by atoms with van der Waals surface area (Å²) >= 11 is 6.03. The highest BCUT2D eigenvalue weighted by Crippen LogP contribution is 2.24. The zero-order valence-corrected chi connectivity index (χ0v) is 12.3. The van der Waals surface area contributed by atoms with Gasteiger partial charge in [0.2, 0.25) is 5.91 Å². The van der Waals surface area contributed by atoms with E-state index in [0.717, 1.165) is 6.42 Å². The van der Waals surface area contributed by atoms with Crippen LogP contribution in [0.15, 0.2) is 18.2 Å². The van der Waals surface area contributed by atoms with Gasteiger partial charge in [0.25, 0.3) is 0 Å². The molecule has 0 saturated heterocycles. The second-order valence-electron chi connectivity index (χ2n) is 4.89. The van der Waals surface area contributed by atoms with Crippen LogP contribution < -0.4 is 11.1 Å². The van der Waals surface area contributed by atoms with Crippen LogP contribution in [0.25, 0.3) is 0 Å². The maximum atomic E-state index is 12.1. The zero-order chi connectivity index (χ0) is 14.5. The Bertz CT molecular complexity index is 527. The normalized spacial score (nSPS) is 10.6. The molecule has 0 aliphatic heterocycles. The van der Waals surface area contributed by atoms with Crippen LogP contribution in [0.3, 0.4) is 0 Å². The first-order valence-electron chi connectivity index (χ1n) is 6.20. The molecule has 0 radical (unpaired) electrons. The Kier molecular flexibility index (Phi) is 5.41. The summed E-state index contributed by atoms with van der Waals surface area (Å²) in [4.78, 5) is 12.1. The summed E-state index contributed by atoms with van der Waals surface area (Å²) in [6.45, 7) is 6.08. The van der Waals surface area contributed by atoms with E-state index in [1.807, 2.05) is 20.8 Å². The number of hydrogen-bond donors (Lipinski definition) is 2. The second-order valence-corrected chi connectivity index (χ2v) is 5.30. The molecule has 0 unspecified atom stereocenters. The summed E-state index contributed by atoms with van der Waals surface area (Å²) in [5.74, 6) is 5.61. The van der Waals surface area contributed by atoms with Crippen LogP contribution in [0, 0.1) is 17.3 Å². The number of carbonyl (C=O) groups is 1. The maximum Gasteiger partial charge on any atom is 0.230 e. The third-order valence-electron chi connectivity index (χ3n) is 3.05. The van der Waals surface area contributed by atoms with E-state index in [1.165, 1.54) is 0 Å². The molecular weight excluding hydrogens is 260 g/mol. The molecule has 0 bridgehead atoms. The predicted octanol–water partition coefficient (Wildman–Crippen LogP) is 3.02. The molecule has 1 amide bonds. The smallest absolute Gasteiger partial charge is 0.230 e. The summed E-state index contributed by atoms with van der Waals surface area (Å²) in [6, 6.07) is 5.24. The molecular formula is C15H19ClN2O. The van der Waals surface area contributed by atoms with Gasteiger partial charge >= 0.3 is 0 Å². The van der Waals surface area contributed by atoms with Gasteiger partial charge in [-0.15, -0.1) is 0 Å². The average Bonchev–Trinajstić information content (AvgIpc) is 2.39. The standard InChI is InChI=1S/C15H19ClN2O/c1-4-15(2,3)14(19)18-12-7-8-13(16)11(10-12)6-5-9-17/h7-8,10H,4,9,17H2,1-3H3,(H,18,19). The number of carbonyl (C=O) groups excluding carboxylic acids is 1. The highest BCUT2D eigenvalue weighted by molar-refractivity contribution is 6.31. The van der Waals surface area contributed by atoms with Crippen molar-refractivity contribution in [3.05, 3.63) is 28.8 Å². The minimum atomic E-state index is -0.400. The molecule has 1 aromatic rings. The Hall–Kier alpha value is -1.50. The van der Waals surface area contributed by atoms with Gasteiger partial charge < -0.3 is 11.1 Å². The van der Waals surface area contributed by atoms with Gasteiger partial charge in [0, 0.05) is 16.7 Å². The molecule has 0 aliphatic carbocycles. The fourth-order valence-corrected chi connectivity index (χ4v) is 1.47. The van der Waals surface area contributed by atoms with Gasteiger partial charge in [-0.3, -0.25) is 4.79 Å². The van der Waals surface area contributed by atoms with Gasteiger partial charge in [0.1, 0.15) is 0 Å². The number of halogens is 1. The van der Waals surface area contributed by atoms with E-state index >= 15 is 0 Å². The number of rotatable bonds is 3. The Morgan fingerprint density at radius 2 is 2.16 bits per heavy atom. The van der Waals surface area contributed by atoms with Crippen LogP contribution >= 0.6 is 11.6 Å². The first-order valence-corrected chi connectivity index (χ1v) is 6.58. The van der Waals surface area contributed by atoms with E-state index < -0.39 is 5.41 Å². The highest BCUT2D eigenvalue weighted by atomic mass is 35.5. The Morgan fingerprint density at radius 1 is 1.47 bits per heavy atom. The molecule has 4 heteroatoms. The molecule has 0 atom stereocenters. The van der Waals surface area contributed by atoms with Crippen molar-refractivity contribution in [2.45, 2.75) is 27.2 Å². The topological polar surface area (TPSA) is 55.1 Å². The van der Waals surface area contributed by atoms with Crippen LogP contribution in [0.1, 0.15) is 32.8 Å². The van der Waals surface area contributed by atoms with Gasteiger partial charge in [-0.2, -0.15) is 0 Å². The predicted molar refractivity (Wildman–Crippen MR) is 80.1 cm³/mol. The van der Waals surface area contributed by atoms with Gasteiger partial charge in [0.05, 0.1) is 11.6 Å². The Balaban J connectivity index is 2.95. The first-order chi connectivity index (χ1) is 8.90. The molecule has 102 valence electrons. The number of nitrogens with one attached hydrogen (secondary N) is 1. The number of nitrogens with two attached hydrogens (primary N) is 1. The molecule has 0 aliphatic rings. The number of benzene rings is 1. The first kappa shape index (κ1) is 15.6. The molecule has 1 aromatic carbocycles. The summed E-state index contributed by atoms with van der Waals surface area (Å²) in [7, 11) is 0. The van der Waals surface area contributed by atoms with Crippen molar-refractivity contribution in [2.75, 3.05) is 11.9 Å². The summed E-state index contributed by atoms with van der Waals surface area (Å²) in [5, 5.41) is 3.43. The summed E-state index contributed by atoms with van der Waals surface area (Å²) in [6.07, 6.45) is 0.770. The van der Waals surface area contributed by atoms with E-state index in [0.29, 0.717) is 16.3 Å². The monoisotopic (exact) mass is 278 g/mol. The Labute approximate surface area is 119 Å². The molecule has 0 heterocycles. The lowest BCUT2D eigenvalue weighted by molar-refractivity contribution is -0.124. The lowest BCUT2D eigenvalue weighted by Crippen LogP contribution is -2.29. The van der Waals surface area contributed by atoms with Gasteiger partial charge in [-0.05, 0) is 24.6 Å². The van der Waals surface area contributed by atoms with Crippen molar-refractivity contribution in [3.63, 3.8) is 0 Å². The maximum absolute atomic E-state index is 12.1. The van der Waals surface area contributed by atoms with Crippen LogP contribution in [0.2, 0.25) is 5.02 Å². The van der Waals surface area contributed by atoms with Crippen molar-refractivity contribution in [1.29, 1.82) is 0 Å². The second kappa shape index (κ2) is 6.60. The molecule has 0 spiro atoms. The van der Waals surface area contributed by atoms with Crippen LogP contribution in [0.4, 0.5) is 5.69 Å². The third kappa shape index (κ3) is 4.27. The van der Waals surface area contributed by atoms with Crippen molar-refractivity contribution in [3.8, 4) is 11.8 Å².